The van der Waals surface area contributed by atoms with Crippen molar-refractivity contribution in [3.8, 4) is 44.5 Å². The molecule has 0 fully saturated rings. The molecule has 15 aromatic rings. The molecule has 0 aliphatic carbocycles. The van der Waals surface area contributed by atoms with E-state index in [4.69, 9.17) is 8.83 Å². The third-order valence-corrected chi connectivity index (χ3v) is 15.4. The quantitative estimate of drug-likeness (QED) is 0.137. The van der Waals surface area contributed by atoms with Gasteiger partial charge in [0.2, 0.25) is 0 Å². The fourth-order valence-electron chi connectivity index (χ4n) is 11.8. The van der Waals surface area contributed by atoms with Gasteiger partial charge in [0.15, 0.2) is 0 Å². The Kier molecular flexibility index (Phi) is 10.8. The SMILES string of the molecule is c1ccc(-c2ccccc2N(c2ccc3cc4c(cc3c2)oc2ccc3oc5cc6cc(N(c7ccccc7-c7ccccc7)c7ccccc7-c7ccccc7)ccc6cc5c3c24)c2ccccc2-c2ccccc2)cc1. The zero-order chi connectivity index (χ0) is 51.5. The van der Waals surface area contributed by atoms with Gasteiger partial charge < -0.3 is 18.6 Å². The summed E-state index contributed by atoms with van der Waals surface area (Å²) < 4.78 is 13.7. The number of hydrogen-bond acceptors (Lipinski definition) is 4. The van der Waals surface area contributed by atoms with Crippen molar-refractivity contribution in [3.63, 3.8) is 0 Å². The maximum Gasteiger partial charge on any atom is 0.136 e. The van der Waals surface area contributed by atoms with Gasteiger partial charge in [0.05, 0.1) is 22.7 Å². The van der Waals surface area contributed by atoms with Crippen LogP contribution < -0.4 is 9.80 Å². The number of nitrogens with zero attached hydrogens (tertiary/aromatic N) is 2. The predicted molar refractivity (Wildman–Crippen MR) is 327 cm³/mol. The number of para-hydroxylation sites is 4. The standard InChI is InChI=1S/C74H48N2O2/c1-5-21-49(22-6-1)59-29-13-17-33-65(59)75(66-34-18-14-30-60(66)50-23-7-2-8-24-50)57-39-37-53-45-63-71(47-55(53)43-57)77-69-41-42-70-74(73(63)69)64-46-54-38-40-58(44-56(54)48-72(64)78-70)76(67-35-19-15-31-61(67)51-25-9-3-10-26-51)68-36-20-16-32-62(68)52-27-11-4-12-28-52/h1-48H. The first-order valence-corrected chi connectivity index (χ1v) is 26.6. The van der Waals surface area contributed by atoms with E-state index in [9.17, 15) is 0 Å². The Bertz CT molecular complexity index is 4270. The Labute approximate surface area is 451 Å². The fourth-order valence-corrected chi connectivity index (χ4v) is 11.8. The summed E-state index contributed by atoms with van der Waals surface area (Å²) in [5.74, 6) is 0. The molecule has 0 spiro atoms. The van der Waals surface area contributed by atoms with Gasteiger partial charge in [0.1, 0.15) is 22.3 Å². The molecule has 78 heavy (non-hydrogen) atoms. The Morgan fingerprint density at radius 2 is 0.513 bits per heavy atom. The molecule has 0 bridgehead atoms. The second kappa shape index (κ2) is 18.7. The lowest BCUT2D eigenvalue weighted by atomic mass is 9.97. The van der Waals surface area contributed by atoms with Crippen molar-refractivity contribution in [1.82, 2.24) is 0 Å². The highest BCUT2D eigenvalue weighted by molar-refractivity contribution is 6.28. The van der Waals surface area contributed by atoms with Crippen molar-refractivity contribution in [3.05, 3.63) is 291 Å². The number of hydrogen-bond donors (Lipinski definition) is 0. The van der Waals surface area contributed by atoms with Gasteiger partial charge in [-0.15, -0.1) is 0 Å². The van der Waals surface area contributed by atoms with Crippen LogP contribution in [-0.2, 0) is 0 Å². The van der Waals surface area contributed by atoms with E-state index in [2.05, 4.69) is 301 Å². The summed E-state index contributed by atoms with van der Waals surface area (Å²) in [6.45, 7) is 0. The molecule has 0 aliphatic heterocycles. The first-order valence-electron chi connectivity index (χ1n) is 26.6. The molecule has 0 N–H and O–H groups in total. The zero-order valence-corrected chi connectivity index (χ0v) is 42.4. The maximum absolute atomic E-state index is 6.85. The predicted octanol–water partition coefficient (Wildman–Crippen LogP) is 21.4. The van der Waals surface area contributed by atoms with Crippen LogP contribution in [0.3, 0.4) is 0 Å². The molecule has 366 valence electrons. The fraction of sp³-hybridized carbons (Fsp3) is 0. The number of rotatable bonds is 10. The van der Waals surface area contributed by atoms with E-state index in [-0.39, 0.29) is 0 Å². The van der Waals surface area contributed by atoms with Crippen LogP contribution in [0.2, 0.25) is 0 Å². The number of benzene rings is 13. The molecule has 13 aromatic carbocycles. The van der Waals surface area contributed by atoms with Crippen LogP contribution in [0.4, 0.5) is 34.1 Å². The number of furan rings is 2. The highest BCUT2D eigenvalue weighted by Crippen LogP contribution is 2.49. The van der Waals surface area contributed by atoms with Crippen LogP contribution in [-0.4, -0.2) is 0 Å². The topological polar surface area (TPSA) is 32.8 Å². The van der Waals surface area contributed by atoms with Gasteiger partial charge in [-0.3, -0.25) is 0 Å². The van der Waals surface area contributed by atoms with E-state index in [0.717, 1.165) is 144 Å². The van der Waals surface area contributed by atoms with Crippen LogP contribution >= 0.6 is 0 Å². The average Bonchev–Trinajstić information content (AvgIpc) is 4.13. The normalized spacial score (nSPS) is 11.6. The molecule has 2 aromatic heterocycles. The zero-order valence-electron chi connectivity index (χ0n) is 42.4. The monoisotopic (exact) mass is 996 g/mol. The summed E-state index contributed by atoms with van der Waals surface area (Å²) in [5.41, 5.74) is 19.0. The summed E-state index contributed by atoms with van der Waals surface area (Å²) in [6, 6.07) is 104. The van der Waals surface area contributed by atoms with Gasteiger partial charge in [0.25, 0.3) is 0 Å². The van der Waals surface area contributed by atoms with Gasteiger partial charge in [-0.2, -0.15) is 0 Å². The average molecular weight is 997 g/mol. The summed E-state index contributed by atoms with van der Waals surface area (Å²) in [4.78, 5) is 4.82. The van der Waals surface area contributed by atoms with E-state index < -0.39 is 0 Å². The Morgan fingerprint density at radius 3 is 0.833 bits per heavy atom. The van der Waals surface area contributed by atoms with Gasteiger partial charge in [0, 0.05) is 55.2 Å². The molecular weight excluding hydrogens is 949 g/mol. The second-order valence-electron chi connectivity index (χ2n) is 20.0. The van der Waals surface area contributed by atoms with Gasteiger partial charge in [-0.1, -0.05) is 206 Å². The van der Waals surface area contributed by atoms with Crippen LogP contribution in [0.5, 0.6) is 0 Å². The third-order valence-electron chi connectivity index (χ3n) is 15.4. The van der Waals surface area contributed by atoms with Crippen molar-refractivity contribution in [2.75, 3.05) is 9.80 Å². The molecule has 15 rings (SSSR count). The summed E-state index contributed by atoms with van der Waals surface area (Å²) >= 11 is 0. The lowest BCUT2D eigenvalue weighted by Crippen LogP contribution is -2.12. The molecule has 4 nitrogen and oxygen atoms in total. The van der Waals surface area contributed by atoms with Crippen LogP contribution in [0.15, 0.2) is 300 Å². The molecule has 0 saturated carbocycles. The summed E-state index contributed by atoms with van der Waals surface area (Å²) in [5, 5.41) is 8.63. The summed E-state index contributed by atoms with van der Waals surface area (Å²) in [6.07, 6.45) is 0. The van der Waals surface area contributed by atoms with E-state index in [0.29, 0.717) is 0 Å². The minimum atomic E-state index is 0.825. The first kappa shape index (κ1) is 45.0. The maximum atomic E-state index is 6.85. The molecule has 0 saturated heterocycles. The van der Waals surface area contributed by atoms with Crippen LogP contribution in [0.25, 0.3) is 110 Å². The minimum absolute atomic E-state index is 0.825. The molecular formula is C74H48N2O2. The van der Waals surface area contributed by atoms with Crippen molar-refractivity contribution < 1.29 is 8.83 Å². The van der Waals surface area contributed by atoms with Crippen LogP contribution in [0.1, 0.15) is 0 Å². The van der Waals surface area contributed by atoms with E-state index >= 15 is 0 Å². The molecule has 2 heterocycles. The molecule has 0 aliphatic rings. The third kappa shape index (κ3) is 7.69. The molecule has 4 heteroatoms. The lowest BCUT2D eigenvalue weighted by Gasteiger charge is -2.30. The van der Waals surface area contributed by atoms with Crippen molar-refractivity contribution in [1.29, 1.82) is 0 Å². The minimum Gasteiger partial charge on any atom is -0.456 e. The second-order valence-corrected chi connectivity index (χ2v) is 20.0. The highest BCUT2D eigenvalue weighted by Gasteiger charge is 2.24. The number of fused-ring (bicyclic) bond motifs is 9. The van der Waals surface area contributed by atoms with Gasteiger partial charge >= 0.3 is 0 Å². The summed E-state index contributed by atoms with van der Waals surface area (Å²) in [7, 11) is 0. The Hall–Kier alpha value is -10.4. The number of anilines is 6. The largest absolute Gasteiger partial charge is 0.456 e. The smallest absolute Gasteiger partial charge is 0.136 e. The molecule has 0 radical (unpaired) electrons. The molecule has 0 amide bonds. The van der Waals surface area contributed by atoms with Gasteiger partial charge in [-0.25, -0.2) is 0 Å². The molecule has 0 atom stereocenters. The Balaban J connectivity index is 0.872. The lowest BCUT2D eigenvalue weighted by molar-refractivity contribution is 0.663. The van der Waals surface area contributed by atoms with Gasteiger partial charge in [-0.05, 0) is 129 Å². The van der Waals surface area contributed by atoms with E-state index in [1.165, 1.54) is 0 Å². The molecule has 0 unspecified atom stereocenters. The van der Waals surface area contributed by atoms with E-state index in [1.807, 2.05) is 0 Å². The highest BCUT2D eigenvalue weighted by atomic mass is 16.3. The van der Waals surface area contributed by atoms with E-state index in [1.54, 1.807) is 0 Å². The Morgan fingerprint density at radius 1 is 0.218 bits per heavy atom. The van der Waals surface area contributed by atoms with Crippen LogP contribution in [0, 0.1) is 0 Å². The van der Waals surface area contributed by atoms with Crippen molar-refractivity contribution in [2.24, 2.45) is 0 Å². The first-order chi connectivity index (χ1) is 38.7. The van der Waals surface area contributed by atoms with Crippen molar-refractivity contribution >= 4 is 99.5 Å². The van der Waals surface area contributed by atoms with Crippen molar-refractivity contribution in [2.45, 2.75) is 0 Å².